The maximum absolute atomic E-state index is 12.8. The molecule has 0 bridgehead atoms. The zero-order valence-corrected chi connectivity index (χ0v) is 20.5. The summed E-state index contributed by atoms with van der Waals surface area (Å²) < 4.78 is 9.74. The first-order valence-electron chi connectivity index (χ1n) is 10.5. The molecular weight excluding hydrogens is 422 g/mol. The van der Waals surface area contributed by atoms with Crippen molar-refractivity contribution < 1.29 is 14.3 Å². The Balaban J connectivity index is 1.87. The number of amides is 2. The van der Waals surface area contributed by atoms with Crippen LogP contribution in [0.15, 0.2) is 0 Å². The van der Waals surface area contributed by atoms with Crippen LogP contribution in [0.4, 0.5) is 9.93 Å². The SMILES string of the molecule is CSCC[C@H](NC(=O)OC(C)(C)C)C(=O)NC1CCN(c2nc(C(C)C)ns2)CC1. The molecule has 1 aliphatic heterocycles. The molecular formula is C20H35N5O3S2. The summed E-state index contributed by atoms with van der Waals surface area (Å²) in [6.07, 6.45) is 3.66. The predicted octanol–water partition coefficient (Wildman–Crippen LogP) is 3.39. The fourth-order valence-corrected chi connectivity index (χ4v) is 4.39. The standard InChI is InChI=1S/C20H35N5O3S2/c1-13(2)16-23-18(30-24-16)25-10-7-14(8-11-25)21-17(26)15(9-12-29-6)22-19(27)28-20(3,4)5/h13-15H,7-12H2,1-6H3,(H,21,26)(H,22,27)/t15-/m0/s1. The number of alkyl carbamates (subject to hydrolysis) is 1. The van der Waals surface area contributed by atoms with Crippen molar-refractivity contribution in [2.45, 2.75) is 77.5 Å². The number of thioether (sulfide) groups is 1. The van der Waals surface area contributed by atoms with E-state index >= 15 is 0 Å². The Morgan fingerprint density at radius 2 is 1.97 bits per heavy atom. The lowest BCUT2D eigenvalue weighted by molar-refractivity contribution is -0.124. The second kappa shape index (κ2) is 11.2. The van der Waals surface area contributed by atoms with Gasteiger partial charge in [0, 0.05) is 36.6 Å². The Morgan fingerprint density at radius 3 is 2.50 bits per heavy atom. The zero-order chi connectivity index (χ0) is 22.3. The van der Waals surface area contributed by atoms with Crippen molar-refractivity contribution in [3.63, 3.8) is 0 Å². The van der Waals surface area contributed by atoms with Gasteiger partial charge in [0.25, 0.3) is 0 Å². The number of hydrogen-bond donors (Lipinski definition) is 2. The van der Waals surface area contributed by atoms with Gasteiger partial charge in [-0.05, 0) is 52.0 Å². The van der Waals surface area contributed by atoms with Gasteiger partial charge in [-0.1, -0.05) is 13.8 Å². The van der Waals surface area contributed by atoms with Crippen molar-refractivity contribution in [1.82, 2.24) is 20.0 Å². The molecule has 8 nitrogen and oxygen atoms in total. The summed E-state index contributed by atoms with van der Waals surface area (Å²) in [4.78, 5) is 31.8. The molecule has 0 radical (unpaired) electrons. The molecule has 0 unspecified atom stereocenters. The van der Waals surface area contributed by atoms with Crippen LogP contribution in [-0.2, 0) is 9.53 Å². The molecule has 0 spiro atoms. The quantitative estimate of drug-likeness (QED) is 0.617. The van der Waals surface area contributed by atoms with Gasteiger partial charge in [-0.25, -0.2) is 9.78 Å². The second-order valence-corrected chi connectivity index (χ2v) is 10.6. The summed E-state index contributed by atoms with van der Waals surface area (Å²) in [6.45, 7) is 11.2. The van der Waals surface area contributed by atoms with Crippen LogP contribution in [0.5, 0.6) is 0 Å². The Morgan fingerprint density at radius 1 is 1.30 bits per heavy atom. The third-order valence-corrected chi connectivity index (χ3v) is 6.11. The van der Waals surface area contributed by atoms with E-state index in [2.05, 4.69) is 38.7 Å². The van der Waals surface area contributed by atoms with Gasteiger partial charge in [-0.15, -0.1) is 0 Å². The lowest BCUT2D eigenvalue weighted by Crippen LogP contribution is -2.53. The van der Waals surface area contributed by atoms with Crippen LogP contribution in [-0.4, -0.2) is 64.1 Å². The van der Waals surface area contributed by atoms with Gasteiger partial charge < -0.3 is 20.3 Å². The third-order valence-electron chi connectivity index (χ3n) is 4.68. The smallest absolute Gasteiger partial charge is 0.408 e. The molecule has 1 aliphatic rings. The lowest BCUT2D eigenvalue weighted by atomic mass is 10.0. The van der Waals surface area contributed by atoms with Gasteiger partial charge in [-0.2, -0.15) is 16.1 Å². The Labute approximate surface area is 188 Å². The highest BCUT2D eigenvalue weighted by Crippen LogP contribution is 2.24. The van der Waals surface area contributed by atoms with E-state index in [0.29, 0.717) is 12.3 Å². The fourth-order valence-electron chi connectivity index (χ4n) is 3.06. The van der Waals surface area contributed by atoms with Gasteiger partial charge in [0.1, 0.15) is 17.5 Å². The van der Waals surface area contributed by atoms with E-state index in [-0.39, 0.29) is 11.9 Å². The summed E-state index contributed by atoms with van der Waals surface area (Å²) in [7, 11) is 0. The number of carbonyl (C=O) groups is 2. The van der Waals surface area contributed by atoms with Crippen LogP contribution in [0.25, 0.3) is 0 Å². The van der Waals surface area contributed by atoms with E-state index in [0.717, 1.165) is 42.6 Å². The number of ether oxygens (including phenoxy) is 1. The summed E-state index contributed by atoms with van der Waals surface area (Å²) >= 11 is 3.08. The van der Waals surface area contributed by atoms with Gasteiger partial charge in [-0.3, -0.25) is 4.79 Å². The highest BCUT2D eigenvalue weighted by atomic mass is 32.2. The van der Waals surface area contributed by atoms with E-state index in [1.165, 1.54) is 11.5 Å². The molecule has 2 heterocycles. The molecule has 1 aromatic rings. The maximum atomic E-state index is 12.8. The van der Waals surface area contributed by atoms with Gasteiger partial charge >= 0.3 is 6.09 Å². The van der Waals surface area contributed by atoms with Crippen molar-refractivity contribution in [3.05, 3.63) is 5.82 Å². The average Bonchev–Trinajstić information content (AvgIpc) is 3.14. The molecule has 1 saturated heterocycles. The molecule has 0 aliphatic carbocycles. The lowest BCUT2D eigenvalue weighted by Gasteiger charge is -2.33. The Kier molecular flexibility index (Phi) is 9.21. The highest BCUT2D eigenvalue weighted by molar-refractivity contribution is 7.98. The monoisotopic (exact) mass is 457 g/mol. The fraction of sp³-hybridized carbons (Fsp3) is 0.800. The van der Waals surface area contributed by atoms with Crippen molar-refractivity contribution in [2.75, 3.05) is 30.0 Å². The van der Waals surface area contributed by atoms with Crippen LogP contribution in [0, 0.1) is 0 Å². The molecule has 10 heteroatoms. The van der Waals surface area contributed by atoms with Crippen molar-refractivity contribution in [1.29, 1.82) is 0 Å². The topological polar surface area (TPSA) is 96.4 Å². The van der Waals surface area contributed by atoms with E-state index in [4.69, 9.17) is 4.74 Å². The molecule has 2 amide bonds. The number of piperidine rings is 1. The van der Waals surface area contributed by atoms with E-state index in [1.54, 1.807) is 32.5 Å². The maximum Gasteiger partial charge on any atom is 0.408 e. The van der Waals surface area contributed by atoms with Crippen LogP contribution in [0.3, 0.4) is 0 Å². The van der Waals surface area contributed by atoms with Crippen molar-refractivity contribution in [2.24, 2.45) is 0 Å². The number of hydrogen-bond acceptors (Lipinski definition) is 8. The van der Waals surface area contributed by atoms with E-state index in [1.807, 2.05) is 6.26 Å². The first-order chi connectivity index (χ1) is 14.1. The van der Waals surface area contributed by atoms with Crippen molar-refractivity contribution >= 4 is 40.4 Å². The first-order valence-corrected chi connectivity index (χ1v) is 12.6. The molecule has 0 saturated carbocycles. The number of nitrogens with zero attached hydrogens (tertiary/aromatic N) is 3. The normalized spacial score (nSPS) is 16.4. The van der Waals surface area contributed by atoms with Crippen LogP contribution in [0.1, 0.15) is 65.6 Å². The van der Waals surface area contributed by atoms with Crippen LogP contribution in [0.2, 0.25) is 0 Å². The molecule has 0 aromatic carbocycles. The third kappa shape index (κ3) is 7.94. The minimum absolute atomic E-state index is 0.0865. The Bertz CT molecular complexity index is 697. The molecule has 30 heavy (non-hydrogen) atoms. The molecule has 1 atom stereocenters. The second-order valence-electron chi connectivity index (χ2n) is 8.84. The van der Waals surface area contributed by atoms with E-state index in [9.17, 15) is 9.59 Å². The molecule has 1 fully saturated rings. The first kappa shape index (κ1) is 24.7. The largest absolute Gasteiger partial charge is 0.444 e. The Hall–Kier alpha value is -1.55. The van der Waals surface area contributed by atoms with Crippen LogP contribution < -0.4 is 15.5 Å². The number of anilines is 1. The number of carbonyl (C=O) groups excluding carboxylic acids is 2. The van der Waals surface area contributed by atoms with Gasteiger partial charge in [0.2, 0.25) is 11.0 Å². The molecule has 2 N–H and O–H groups in total. The minimum atomic E-state index is -0.600. The average molecular weight is 458 g/mol. The minimum Gasteiger partial charge on any atom is -0.444 e. The van der Waals surface area contributed by atoms with Crippen LogP contribution >= 0.6 is 23.3 Å². The summed E-state index contributed by atoms with van der Waals surface area (Å²) in [5, 5.41) is 6.80. The molecule has 170 valence electrons. The molecule has 1 aromatic heterocycles. The van der Waals surface area contributed by atoms with Gasteiger partial charge in [0.15, 0.2) is 0 Å². The number of aromatic nitrogens is 2. The zero-order valence-electron chi connectivity index (χ0n) is 18.9. The summed E-state index contributed by atoms with van der Waals surface area (Å²) in [6, 6.07) is -0.509. The highest BCUT2D eigenvalue weighted by Gasteiger charge is 2.28. The summed E-state index contributed by atoms with van der Waals surface area (Å²) in [5.41, 5.74) is -0.600. The predicted molar refractivity (Wildman–Crippen MR) is 124 cm³/mol. The summed E-state index contributed by atoms with van der Waals surface area (Å²) in [5.74, 6) is 1.84. The van der Waals surface area contributed by atoms with Crippen molar-refractivity contribution in [3.8, 4) is 0 Å². The van der Waals surface area contributed by atoms with Gasteiger partial charge in [0.05, 0.1) is 0 Å². The molecule has 2 rings (SSSR count). The van der Waals surface area contributed by atoms with E-state index < -0.39 is 17.7 Å². The number of rotatable bonds is 8. The number of nitrogens with one attached hydrogen (secondary N) is 2.